The molecule has 0 unspecified atom stereocenters. The Morgan fingerprint density at radius 3 is 2.21 bits per heavy atom. The minimum absolute atomic E-state index is 0.118. The number of halogens is 3. The van der Waals surface area contributed by atoms with E-state index in [1.54, 1.807) is 18.2 Å². The summed E-state index contributed by atoms with van der Waals surface area (Å²) in [6.07, 6.45) is -4.59. The summed E-state index contributed by atoms with van der Waals surface area (Å²) >= 11 is 0. The van der Waals surface area contributed by atoms with Crippen LogP contribution in [-0.4, -0.2) is 5.78 Å². The smallest absolute Gasteiger partial charge is 0.399 e. The van der Waals surface area contributed by atoms with Crippen molar-refractivity contribution in [3.63, 3.8) is 0 Å². The summed E-state index contributed by atoms with van der Waals surface area (Å²) in [6, 6.07) is 10.8. The number of carbonyl (C=O) groups excluding carboxylic acids is 1. The van der Waals surface area contributed by atoms with Gasteiger partial charge in [0.1, 0.15) is 0 Å². The first-order chi connectivity index (χ1) is 8.89. The molecule has 19 heavy (non-hydrogen) atoms. The number of hydrogen-bond donors (Lipinski definition) is 1. The molecule has 0 aliphatic heterocycles. The molecule has 98 valence electrons. The normalized spacial score (nSPS) is 11.3. The number of benzene rings is 2. The largest absolute Gasteiger partial charge is 0.417 e. The van der Waals surface area contributed by atoms with E-state index in [1.165, 1.54) is 12.1 Å². The van der Waals surface area contributed by atoms with E-state index in [0.29, 0.717) is 0 Å². The topological polar surface area (TPSA) is 43.1 Å². The average Bonchev–Trinajstić information content (AvgIpc) is 2.37. The van der Waals surface area contributed by atoms with Crippen molar-refractivity contribution in [2.75, 3.05) is 5.73 Å². The maximum Gasteiger partial charge on any atom is 0.417 e. The molecule has 0 fully saturated rings. The van der Waals surface area contributed by atoms with Crippen molar-refractivity contribution in [2.24, 2.45) is 0 Å². The fourth-order valence-electron chi connectivity index (χ4n) is 1.74. The molecule has 2 aromatic rings. The molecule has 0 radical (unpaired) electrons. The van der Waals surface area contributed by atoms with Crippen molar-refractivity contribution in [3.8, 4) is 0 Å². The molecule has 0 atom stereocenters. The second kappa shape index (κ2) is 4.76. The van der Waals surface area contributed by atoms with Gasteiger partial charge in [-0.1, -0.05) is 30.3 Å². The number of alkyl halides is 3. The van der Waals surface area contributed by atoms with Crippen LogP contribution in [0.25, 0.3) is 0 Å². The Hall–Kier alpha value is -2.30. The molecule has 2 N–H and O–H groups in total. The Kier molecular flexibility index (Phi) is 3.29. The van der Waals surface area contributed by atoms with Crippen molar-refractivity contribution >= 4 is 11.5 Å². The zero-order valence-electron chi connectivity index (χ0n) is 9.74. The van der Waals surface area contributed by atoms with E-state index in [2.05, 4.69) is 0 Å². The Labute approximate surface area is 107 Å². The molecular formula is C14H10F3NO. The molecule has 2 rings (SSSR count). The summed E-state index contributed by atoms with van der Waals surface area (Å²) in [4.78, 5) is 12.1. The Balaban J connectivity index is 2.56. The summed E-state index contributed by atoms with van der Waals surface area (Å²) < 4.78 is 38.6. The summed E-state index contributed by atoms with van der Waals surface area (Å²) in [5.74, 6) is -0.694. The van der Waals surface area contributed by atoms with Crippen molar-refractivity contribution in [1.29, 1.82) is 0 Å². The molecule has 2 aromatic carbocycles. The van der Waals surface area contributed by atoms with Gasteiger partial charge in [0, 0.05) is 16.8 Å². The lowest BCUT2D eigenvalue weighted by Crippen LogP contribution is -2.14. The second-order valence-electron chi connectivity index (χ2n) is 4.00. The van der Waals surface area contributed by atoms with E-state index in [0.717, 1.165) is 18.2 Å². The lowest BCUT2D eigenvalue weighted by atomic mass is 9.97. The lowest BCUT2D eigenvalue weighted by molar-refractivity contribution is -0.137. The fourth-order valence-corrected chi connectivity index (χ4v) is 1.74. The number of ketones is 1. The van der Waals surface area contributed by atoms with E-state index in [9.17, 15) is 18.0 Å². The average molecular weight is 265 g/mol. The predicted molar refractivity (Wildman–Crippen MR) is 65.7 cm³/mol. The highest BCUT2D eigenvalue weighted by atomic mass is 19.4. The fraction of sp³-hybridized carbons (Fsp3) is 0.0714. The number of anilines is 1. The summed E-state index contributed by atoms with van der Waals surface area (Å²) in [5, 5.41) is 0. The minimum atomic E-state index is -4.59. The Bertz CT molecular complexity index is 606. The third-order valence-electron chi connectivity index (χ3n) is 2.63. The number of hydrogen-bond acceptors (Lipinski definition) is 2. The lowest BCUT2D eigenvalue weighted by Gasteiger charge is -2.12. The first-order valence-electron chi connectivity index (χ1n) is 5.46. The van der Waals surface area contributed by atoms with Gasteiger partial charge in [0.15, 0.2) is 5.78 Å². The zero-order valence-corrected chi connectivity index (χ0v) is 9.74. The van der Waals surface area contributed by atoms with Crippen LogP contribution in [0.1, 0.15) is 21.5 Å². The maximum atomic E-state index is 12.9. The van der Waals surface area contributed by atoms with Gasteiger partial charge in [-0.15, -0.1) is 0 Å². The molecule has 2 nitrogen and oxygen atoms in total. The van der Waals surface area contributed by atoms with Crippen LogP contribution in [-0.2, 0) is 6.18 Å². The number of carbonyl (C=O) groups is 1. The second-order valence-corrected chi connectivity index (χ2v) is 4.00. The highest BCUT2D eigenvalue weighted by Gasteiger charge is 2.35. The quantitative estimate of drug-likeness (QED) is 0.667. The molecule has 0 amide bonds. The SMILES string of the molecule is Nc1ccc(C(F)(F)F)c(C(=O)c2ccccc2)c1. The van der Waals surface area contributed by atoms with Crippen LogP contribution < -0.4 is 5.73 Å². The third-order valence-corrected chi connectivity index (χ3v) is 2.63. The van der Waals surface area contributed by atoms with Gasteiger partial charge in [0.2, 0.25) is 0 Å². The Morgan fingerprint density at radius 2 is 1.63 bits per heavy atom. The monoisotopic (exact) mass is 265 g/mol. The molecule has 0 bridgehead atoms. The highest BCUT2D eigenvalue weighted by Crippen LogP contribution is 2.33. The number of nitrogens with two attached hydrogens (primary N) is 1. The van der Waals surface area contributed by atoms with Crippen molar-refractivity contribution in [1.82, 2.24) is 0 Å². The van der Waals surface area contributed by atoms with Crippen LogP contribution in [0, 0.1) is 0 Å². The molecule has 0 heterocycles. The molecule has 0 saturated carbocycles. The summed E-state index contributed by atoms with van der Waals surface area (Å²) in [6.45, 7) is 0. The predicted octanol–water partition coefficient (Wildman–Crippen LogP) is 3.52. The van der Waals surface area contributed by atoms with Gasteiger partial charge in [0.25, 0.3) is 0 Å². The zero-order chi connectivity index (χ0) is 14.0. The van der Waals surface area contributed by atoms with E-state index in [1.807, 2.05) is 0 Å². The van der Waals surface area contributed by atoms with Gasteiger partial charge in [0.05, 0.1) is 5.56 Å². The van der Waals surface area contributed by atoms with Gasteiger partial charge < -0.3 is 5.73 Å². The van der Waals surface area contributed by atoms with E-state index in [4.69, 9.17) is 5.73 Å². The van der Waals surface area contributed by atoms with Crippen LogP contribution in [0.15, 0.2) is 48.5 Å². The van der Waals surface area contributed by atoms with E-state index < -0.39 is 23.1 Å². The van der Waals surface area contributed by atoms with Gasteiger partial charge in [-0.2, -0.15) is 13.2 Å². The summed E-state index contributed by atoms with van der Waals surface area (Å²) in [7, 11) is 0. The van der Waals surface area contributed by atoms with E-state index >= 15 is 0 Å². The number of rotatable bonds is 2. The van der Waals surface area contributed by atoms with Gasteiger partial charge >= 0.3 is 6.18 Å². The molecular weight excluding hydrogens is 255 g/mol. The van der Waals surface area contributed by atoms with Gasteiger partial charge in [-0.3, -0.25) is 4.79 Å². The molecule has 0 aromatic heterocycles. The van der Waals surface area contributed by atoms with Gasteiger partial charge in [-0.25, -0.2) is 0 Å². The van der Waals surface area contributed by atoms with Crippen molar-refractivity contribution in [3.05, 3.63) is 65.2 Å². The Morgan fingerprint density at radius 1 is 1.00 bits per heavy atom. The standard InChI is InChI=1S/C14H10F3NO/c15-14(16,17)12-7-6-10(18)8-11(12)13(19)9-4-2-1-3-5-9/h1-8H,18H2. The van der Waals surface area contributed by atoms with E-state index in [-0.39, 0.29) is 11.3 Å². The molecule has 0 saturated heterocycles. The van der Waals surface area contributed by atoms with Crippen molar-refractivity contribution < 1.29 is 18.0 Å². The first-order valence-corrected chi connectivity index (χ1v) is 5.46. The molecule has 0 spiro atoms. The van der Waals surface area contributed by atoms with Crippen LogP contribution in [0.4, 0.5) is 18.9 Å². The van der Waals surface area contributed by atoms with Crippen LogP contribution in [0.2, 0.25) is 0 Å². The van der Waals surface area contributed by atoms with Gasteiger partial charge in [-0.05, 0) is 18.2 Å². The minimum Gasteiger partial charge on any atom is -0.399 e. The maximum absolute atomic E-state index is 12.9. The summed E-state index contributed by atoms with van der Waals surface area (Å²) in [5.41, 5.74) is 4.37. The number of nitrogen functional groups attached to an aromatic ring is 1. The van der Waals surface area contributed by atoms with Crippen LogP contribution >= 0.6 is 0 Å². The van der Waals surface area contributed by atoms with Crippen molar-refractivity contribution in [2.45, 2.75) is 6.18 Å². The van der Waals surface area contributed by atoms with Crippen LogP contribution in [0.3, 0.4) is 0 Å². The molecule has 5 heteroatoms. The highest BCUT2D eigenvalue weighted by molar-refractivity contribution is 6.10. The third kappa shape index (κ3) is 2.76. The molecule has 0 aliphatic carbocycles. The van der Waals surface area contributed by atoms with Crippen LogP contribution in [0.5, 0.6) is 0 Å². The molecule has 0 aliphatic rings. The first kappa shape index (κ1) is 13.1.